The first-order chi connectivity index (χ1) is 17.2. The van der Waals surface area contributed by atoms with Crippen LogP contribution in [-0.4, -0.2) is 43.1 Å². The highest BCUT2D eigenvalue weighted by molar-refractivity contribution is 7.99. The smallest absolute Gasteiger partial charge is 0.417 e. The number of halogens is 3. The van der Waals surface area contributed by atoms with E-state index in [1.807, 2.05) is 0 Å². The maximum Gasteiger partial charge on any atom is 0.417 e. The Morgan fingerprint density at radius 3 is 2.83 bits per heavy atom. The molecule has 0 aliphatic carbocycles. The summed E-state index contributed by atoms with van der Waals surface area (Å²) in [5, 5.41) is 0. The summed E-state index contributed by atoms with van der Waals surface area (Å²) >= 11 is 1.02. The number of piperidine rings is 1. The number of fused-ring (bicyclic) bond motifs is 1. The van der Waals surface area contributed by atoms with Crippen molar-refractivity contribution in [3.8, 4) is 5.75 Å². The lowest BCUT2D eigenvalue weighted by Gasteiger charge is -2.30. The van der Waals surface area contributed by atoms with Crippen LogP contribution in [0.15, 0.2) is 52.3 Å². The molecule has 1 atom stereocenters. The number of esters is 1. The molecule has 0 aromatic heterocycles. The number of carbonyl (C=O) groups excluding carboxylic acids is 2. The Morgan fingerprint density at radius 2 is 2.06 bits per heavy atom. The topological polar surface area (TPSA) is 65.1 Å². The fourth-order valence-corrected chi connectivity index (χ4v) is 5.16. The van der Waals surface area contributed by atoms with Crippen molar-refractivity contribution >= 4 is 29.7 Å². The van der Waals surface area contributed by atoms with E-state index in [2.05, 4.69) is 0 Å². The fourth-order valence-electron chi connectivity index (χ4n) is 4.14. The Balaban J connectivity index is 1.48. The predicted molar refractivity (Wildman–Crippen MR) is 127 cm³/mol. The van der Waals surface area contributed by atoms with Gasteiger partial charge in [-0.3, -0.25) is 9.59 Å². The molecule has 1 amide bonds. The number of alkyl halides is 3. The van der Waals surface area contributed by atoms with Crippen LogP contribution in [0.3, 0.4) is 0 Å². The number of nitrogens with zero attached hydrogens (tertiary/aromatic N) is 1. The Bertz CT molecular complexity index is 1150. The van der Waals surface area contributed by atoms with Crippen LogP contribution < -0.4 is 4.89 Å². The molecule has 2 aromatic carbocycles. The summed E-state index contributed by atoms with van der Waals surface area (Å²) in [5.74, 6) is -0.501. The van der Waals surface area contributed by atoms with Crippen molar-refractivity contribution < 1.29 is 37.3 Å². The number of hydrogen-bond acceptors (Lipinski definition) is 6. The fraction of sp³-hybridized carbons (Fsp3) is 0.385. The van der Waals surface area contributed by atoms with E-state index in [1.165, 1.54) is 23.1 Å². The summed E-state index contributed by atoms with van der Waals surface area (Å²) in [6.07, 6.45) is -0.0235. The second-order valence-electron chi connectivity index (χ2n) is 8.49. The zero-order valence-electron chi connectivity index (χ0n) is 19.7. The van der Waals surface area contributed by atoms with Gasteiger partial charge in [-0.15, -0.1) is 0 Å². The molecule has 36 heavy (non-hydrogen) atoms. The van der Waals surface area contributed by atoms with Crippen LogP contribution in [0.1, 0.15) is 36.5 Å². The standard InChI is InChI=1S/C26H26F3NO5S/c1-2-33-25(32)19-4-3-12-30(16-19)24(31)10-6-17-5-9-23(21(14-17)26(27,28)29)36-20-7-8-22-18(15-20)11-13-34-35-22/h5-10,14-15,19H,2-4,11-13,16H2,1H3/b10-6+. The highest BCUT2D eigenvalue weighted by atomic mass is 32.2. The van der Waals surface area contributed by atoms with Gasteiger partial charge in [0, 0.05) is 40.9 Å². The first kappa shape index (κ1) is 26.1. The van der Waals surface area contributed by atoms with E-state index in [9.17, 15) is 22.8 Å². The zero-order valence-corrected chi connectivity index (χ0v) is 20.5. The van der Waals surface area contributed by atoms with E-state index >= 15 is 0 Å². The van der Waals surface area contributed by atoms with Crippen LogP contribution in [0.5, 0.6) is 5.75 Å². The largest absolute Gasteiger partial charge is 0.466 e. The number of benzene rings is 2. The normalized spacial score (nSPS) is 18.0. The predicted octanol–water partition coefficient (Wildman–Crippen LogP) is 5.54. The molecular weight excluding hydrogens is 495 g/mol. The number of amides is 1. The molecule has 192 valence electrons. The van der Waals surface area contributed by atoms with Crippen LogP contribution in [0.4, 0.5) is 13.2 Å². The molecule has 0 saturated carbocycles. The second-order valence-corrected chi connectivity index (χ2v) is 9.60. The van der Waals surface area contributed by atoms with Crippen molar-refractivity contribution in [3.63, 3.8) is 0 Å². The summed E-state index contributed by atoms with van der Waals surface area (Å²) in [6.45, 7) is 3.11. The molecular formula is C26H26F3NO5S. The van der Waals surface area contributed by atoms with Crippen LogP contribution in [0, 0.1) is 5.92 Å². The zero-order chi connectivity index (χ0) is 25.7. The Kier molecular flexibility index (Phi) is 8.25. The molecule has 2 heterocycles. The van der Waals surface area contributed by atoms with Crippen molar-refractivity contribution in [2.45, 2.75) is 42.2 Å². The van der Waals surface area contributed by atoms with Gasteiger partial charge >= 0.3 is 12.1 Å². The van der Waals surface area contributed by atoms with Crippen molar-refractivity contribution in [2.24, 2.45) is 5.92 Å². The molecule has 4 rings (SSSR count). The van der Waals surface area contributed by atoms with E-state index in [0.717, 1.165) is 23.4 Å². The van der Waals surface area contributed by atoms with Crippen LogP contribution in [0.25, 0.3) is 6.08 Å². The summed E-state index contributed by atoms with van der Waals surface area (Å²) in [6, 6.07) is 9.17. The lowest BCUT2D eigenvalue weighted by Crippen LogP contribution is -2.42. The van der Waals surface area contributed by atoms with E-state index in [-0.39, 0.29) is 41.4 Å². The first-order valence-corrected chi connectivity index (χ1v) is 12.5. The molecule has 0 bridgehead atoms. The van der Waals surface area contributed by atoms with Crippen molar-refractivity contribution in [1.29, 1.82) is 0 Å². The number of carbonyl (C=O) groups is 2. The molecule has 0 N–H and O–H groups in total. The Hall–Kier alpha value is -2.98. The van der Waals surface area contributed by atoms with E-state index in [0.29, 0.717) is 43.1 Å². The molecule has 10 heteroatoms. The Labute approximate surface area is 211 Å². The minimum atomic E-state index is -4.57. The van der Waals surface area contributed by atoms with Crippen LogP contribution >= 0.6 is 11.8 Å². The number of ether oxygens (including phenoxy) is 1. The van der Waals surface area contributed by atoms with Crippen molar-refractivity contribution in [1.82, 2.24) is 4.90 Å². The van der Waals surface area contributed by atoms with Gasteiger partial charge in [-0.2, -0.15) is 18.1 Å². The number of hydrogen-bond donors (Lipinski definition) is 0. The van der Waals surface area contributed by atoms with Gasteiger partial charge in [0.15, 0.2) is 5.75 Å². The summed E-state index contributed by atoms with van der Waals surface area (Å²) in [5.41, 5.74) is 0.357. The van der Waals surface area contributed by atoms with Gasteiger partial charge < -0.3 is 14.5 Å². The third-order valence-corrected chi connectivity index (χ3v) is 7.01. The lowest BCUT2D eigenvalue weighted by atomic mass is 9.98. The molecule has 2 aliphatic rings. The summed E-state index contributed by atoms with van der Waals surface area (Å²) in [7, 11) is 0. The third kappa shape index (κ3) is 6.41. The maximum absolute atomic E-state index is 13.9. The van der Waals surface area contributed by atoms with E-state index in [1.54, 1.807) is 31.2 Å². The van der Waals surface area contributed by atoms with Crippen LogP contribution in [0.2, 0.25) is 0 Å². The van der Waals surface area contributed by atoms with Gasteiger partial charge in [0.25, 0.3) is 0 Å². The van der Waals surface area contributed by atoms with Gasteiger partial charge in [0.1, 0.15) is 0 Å². The van der Waals surface area contributed by atoms with E-state index in [4.69, 9.17) is 14.5 Å². The molecule has 1 unspecified atom stereocenters. The first-order valence-electron chi connectivity index (χ1n) is 11.7. The lowest BCUT2D eigenvalue weighted by molar-refractivity contribution is -0.215. The summed E-state index contributed by atoms with van der Waals surface area (Å²) in [4.78, 5) is 36.9. The molecule has 2 aliphatic heterocycles. The molecule has 0 spiro atoms. The van der Waals surface area contributed by atoms with Crippen molar-refractivity contribution in [3.05, 3.63) is 59.2 Å². The SMILES string of the molecule is CCOC(=O)C1CCCN(C(=O)/C=C/c2ccc(Sc3ccc4c(c3)CCOO4)c(C(F)(F)F)c2)C1. The minimum Gasteiger partial charge on any atom is -0.466 e. The van der Waals surface area contributed by atoms with Crippen LogP contribution in [-0.2, 0) is 31.8 Å². The van der Waals surface area contributed by atoms with Crippen molar-refractivity contribution in [2.75, 3.05) is 26.3 Å². The molecule has 6 nitrogen and oxygen atoms in total. The highest BCUT2D eigenvalue weighted by Crippen LogP contribution is 2.41. The van der Waals surface area contributed by atoms with Gasteiger partial charge in [-0.25, -0.2) is 0 Å². The maximum atomic E-state index is 13.9. The van der Waals surface area contributed by atoms with Gasteiger partial charge in [0.05, 0.1) is 24.7 Å². The number of rotatable bonds is 6. The minimum absolute atomic E-state index is 0.0622. The molecule has 1 fully saturated rings. The summed E-state index contributed by atoms with van der Waals surface area (Å²) < 4.78 is 46.7. The highest BCUT2D eigenvalue weighted by Gasteiger charge is 2.34. The monoisotopic (exact) mass is 521 g/mol. The molecule has 1 saturated heterocycles. The Morgan fingerprint density at radius 1 is 1.22 bits per heavy atom. The molecule has 2 aromatic rings. The second kappa shape index (κ2) is 11.4. The van der Waals surface area contributed by atoms with Gasteiger partial charge in [-0.1, -0.05) is 17.8 Å². The van der Waals surface area contributed by atoms with Gasteiger partial charge in [-0.05, 0) is 61.7 Å². The van der Waals surface area contributed by atoms with Gasteiger partial charge in [0.2, 0.25) is 5.91 Å². The quantitative estimate of drug-likeness (QED) is 0.283. The average Bonchev–Trinajstić information content (AvgIpc) is 2.87. The molecule has 0 radical (unpaired) electrons. The average molecular weight is 522 g/mol. The number of likely N-dealkylation sites (tertiary alicyclic amines) is 1. The van der Waals surface area contributed by atoms with E-state index < -0.39 is 11.7 Å². The third-order valence-electron chi connectivity index (χ3n) is 5.94.